The van der Waals surface area contributed by atoms with Crippen LogP contribution in [0.1, 0.15) is 36.0 Å². The van der Waals surface area contributed by atoms with Gasteiger partial charge in [0, 0.05) is 10.9 Å². The van der Waals surface area contributed by atoms with E-state index in [-0.39, 0.29) is 11.6 Å². The van der Waals surface area contributed by atoms with Crippen molar-refractivity contribution in [2.75, 3.05) is 20.0 Å². The number of carbonyl (C=O) groups is 3. The average Bonchev–Trinajstić information content (AvgIpc) is 3.11. The van der Waals surface area contributed by atoms with Gasteiger partial charge in [-0.15, -0.1) is 11.8 Å². The second kappa shape index (κ2) is 9.31. The summed E-state index contributed by atoms with van der Waals surface area (Å²) in [5.74, 6) is -0.990. The van der Waals surface area contributed by atoms with Crippen LogP contribution in [0.2, 0.25) is 0 Å². The lowest BCUT2D eigenvalue weighted by atomic mass is 10.2. The summed E-state index contributed by atoms with van der Waals surface area (Å²) in [6.45, 7) is -0.537. The van der Waals surface area contributed by atoms with Crippen LogP contribution in [0.5, 0.6) is 5.75 Å². The van der Waals surface area contributed by atoms with Gasteiger partial charge in [0.2, 0.25) is 0 Å². The summed E-state index contributed by atoms with van der Waals surface area (Å²) in [5, 5.41) is 4.89. The molecule has 136 valence electrons. The van der Waals surface area contributed by atoms with Crippen molar-refractivity contribution < 1.29 is 23.9 Å². The number of carbonyl (C=O) groups excluding carboxylic acids is 3. The number of nitrogens with one attached hydrogen (secondary N) is 2. The van der Waals surface area contributed by atoms with Crippen molar-refractivity contribution in [3.8, 4) is 5.75 Å². The SMILES string of the molecule is COc1cc(SC)ccc1C(=O)OCC(=O)NC(=O)NC1CCCC1. The van der Waals surface area contributed by atoms with Gasteiger partial charge in [-0.1, -0.05) is 12.8 Å². The standard InChI is InChI=1S/C17H22N2O5S/c1-23-14-9-12(25-2)7-8-13(14)16(21)24-10-15(20)19-17(22)18-11-5-3-4-6-11/h7-9,11H,3-6,10H2,1-2H3,(H2,18,19,20,22). The minimum absolute atomic E-state index is 0.106. The first-order valence-corrected chi connectivity index (χ1v) is 9.25. The minimum atomic E-state index is -0.684. The van der Waals surface area contributed by atoms with E-state index in [4.69, 9.17) is 9.47 Å². The van der Waals surface area contributed by atoms with E-state index in [1.807, 2.05) is 6.26 Å². The maximum Gasteiger partial charge on any atom is 0.342 e. The molecule has 1 aromatic rings. The zero-order chi connectivity index (χ0) is 18.2. The fourth-order valence-corrected chi connectivity index (χ4v) is 3.06. The van der Waals surface area contributed by atoms with Crippen LogP contribution in [0.4, 0.5) is 4.79 Å². The molecule has 0 radical (unpaired) electrons. The Kier molecular flexibility index (Phi) is 7.12. The van der Waals surface area contributed by atoms with Gasteiger partial charge in [0.1, 0.15) is 11.3 Å². The van der Waals surface area contributed by atoms with Crippen LogP contribution in [0.3, 0.4) is 0 Å². The number of amides is 3. The van der Waals surface area contributed by atoms with Crippen molar-refractivity contribution >= 4 is 29.7 Å². The Morgan fingerprint density at radius 3 is 2.60 bits per heavy atom. The summed E-state index contributed by atoms with van der Waals surface area (Å²) < 4.78 is 10.1. The van der Waals surface area contributed by atoms with Crippen LogP contribution < -0.4 is 15.4 Å². The maximum absolute atomic E-state index is 12.1. The van der Waals surface area contributed by atoms with E-state index in [1.54, 1.807) is 18.2 Å². The third kappa shape index (κ3) is 5.67. The topological polar surface area (TPSA) is 93.7 Å². The number of rotatable bonds is 6. The molecule has 1 aliphatic carbocycles. The summed E-state index contributed by atoms with van der Waals surface area (Å²) in [6.07, 6.45) is 5.90. The number of ether oxygens (including phenoxy) is 2. The molecule has 0 aromatic heterocycles. The van der Waals surface area contributed by atoms with Crippen molar-refractivity contribution in [2.45, 2.75) is 36.6 Å². The van der Waals surface area contributed by atoms with E-state index in [0.717, 1.165) is 30.6 Å². The van der Waals surface area contributed by atoms with Gasteiger partial charge in [-0.25, -0.2) is 9.59 Å². The minimum Gasteiger partial charge on any atom is -0.496 e. The van der Waals surface area contributed by atoms with Crippen molar-refractivity contribution in [3.63, 3.8) is 0 Å². The van der Waals surface area contributed by atoms with Gasteiger partial charge in [-0.05, 0) is 37.3 Å². The smallest absolute Gasteiger partial charge is 0.342 e. The first-order chi connectivity index (χ1) is 12.0. The number of urea groups is 1. The first kappa shape index (κ1) is 19.1. The highest BCUT2D eigenvalue weighted by molar-refractivity contribution is 7.98. The number of benzene rings is 1. The molecule has 25 heavy (non-hydrogen) atoms. The fourth-order valence-electron chi connectivity index (χ4n) is 2.63. The van der Waals surface area contributed by atoms with Gasteiger partial charge in [0.15, 0.2) is 6.61 Å². The molecule has 2 N–H and O–H groups in total. The summed E-state index contributed by atoms with van der Waals surface area (Å²) in [5.41, 5.74) is 0.225. The normalized spacial score (nSPS) is 14.0. The van der Waals surface area contributed by atoms with Crippen molar-refractivity contribution in [3.05, 3.63) is 23.8 Å². The number of thioether (sulfide) groups is 1. The molecule has 0 atom stereocenters. The van der Waals surface area contributed by atoms with Gasteiger partial charge in [-0.3, -0.25) is 10.1 Å². The Hall–Kier alpha value is -2.22. The molecule has 0 unspecified atom stereocenters. The van der Waals surface area contributed by atoms with E-state index in [0.29, 0.717) is 5.75 Å². The molecule has 0 spiro atoms. The monoisotopic (exact) mass is 366 g/mol. The van der Waals surface area contributed by atoms with Gasteiger partial charge < -0.3 is 14.8 Å². The summed E-state index contributed by atoms with van der Waals surface area (Å²) in [6, 6.07) is 4.61. The van der Waals surface area contributed by atoms with Crippen LogP contribution in [0.15, 0.2) is 23.1 Å². The molecule has 1 aromatic carbocycles. The molecule has 0 aliphatic heterocycles. The van der Waals surface area contributed by atoms with E-state index in [2.05, 4.69) is 10.6 Å². The molecule has 1 saturated carbocycles. The third-order valence-electron chi connectivity index (χ3n) is 3.91. The van der Waals surface area contributed by atoms with Crippen LogP contribution in [-0.2, 0) is 9.53 Å². The Morgan fingerprint density at radius 1 is 1.24 bits per heavy atom. The number of hydrogen-bond donors (Lipinski definition) is 2. The van der Waals surface area contributed by atoms with Gasteiger partial charge >= 0.3 is 12.0 Å². The van der Waals surface area contributed by atoms with Crippen molar-refractivity contribution in [1.29, 1.82) is 0 Å². The summed E-state index contributed by atoms with van der Waals surface area (Å²) in [4.78, 5) is 36.5. The Bertz CT molecular complexity index is 644. The first-order valence-electron chi connectivity index (χ1n) is 8.03. The van der Waals surface area contributed by atoms with E-state index < -0.39 is 24.5 Å². The number of hydrogen-bond acceptors (Lipinski definition) is 6. The highest BCUT2D eigenvalue weighted by Crippen LogP contribution is 2.25. The second-order valence-electron chi connectivity index (χ2n) is 5.65. The zero-order valence-corrected chi connectivity index (χ0v) is 15.1. The zero-order valence-electron chi connectivity index (χ0n) is 14.3. The lowest BCUT2D eigenvalue weighted by Gasteiger charge is -2.12. The molecule has 8 heteroatoms. The van der Waals surface area contributed by atoms with Crippen molar-refractivity contribution in [2.24, 2.45) is 0 Å². The molecule has 7 nitrogen and oxygen atoms in total. The quantitative estimate of drug-likeness (QED) is 0.593. The lowest BCUT2D eigenvalue weighted by molar-refractivity contribution is -0.123. The molecule has 0 heterocycles. The van der Waals surface area contributed by atoms with Crippen LogP contribution >= 0.6 is 11.8 Å². The highest BCUT2D eigenvalue weighted by atomic mass is 32.2. The number of esters is 1. The van der Waals surface area contributed by atoms with Crippen LogP contribution in [0.25, 0.3) is 0 Å². The molecule has 1 fully saturated rings. The van der Waals surface area contributed by atoms with E-state index >= 15 is 0 Å². The van der Waals surface area contributed by atoms with Crippen molar-refractivity contribution in [1.82, 2.24) is 10.6 Å². The average molecular weight is 366 g/mol. The Labute approximate surface area is 150 Å². The van der Waals surface area contributed by atoms with Gasteiger partial charge in [-0.2, -0.15) is 0 Å². The molecular formula is C17H22N2O5S. The molecule has 2 rings (SSSR count). The van der Waals surface area contributed by atoms with E-state index in [1.165, 1.54) is 18.9 Å². The second-order valence-corrected chi connectivity index (χ2v) is 6.53. The molecular weight excluding hydrogens is 344 g/mol. The predicted molar refractivity (Wildman–Crippen MR) is 94.0 cm³/mol. The number of methoxy groups -OCH3 is 1. The van der Waals surface area contributed by atoms with E-state index in [9.17, 15) is 14.4 Å². The number of imide groups is 1. The lowest BCUT2D eigenvalue weighted by Crippen LogP contribution is -2.45. The highest BCUT2D eigenvalue weighted by Gasteiger charge is 2.19. The largest absolute Gasteiger partial charge is 0.496 e. The summed E-state index contributed by atoms with van der Waals surface area (Å²) >= 11 is 1.52. The molecule has 1 aliphatic rings. The van der Waals surface area contributed by atoms with Crippen LogP contribution in [0, 0.1) is 0 Å². The van der Waals surface area contributed by atoms with Gasteiger partial charge in [0.05, 0.1) is 7.11 Å². The molecule has 0 saturated heterocycles. The summed E-state index contributed by atoms with van der Waals surface area (Å²) in [7, 11) is 1.45. The van der Waals surface area contributed by atoms with Gasteiger partial charge in [0.25, 0.3) is 5.91 Å². The Morgan fingerprint density at radius 2 is 1.96 bits per heavy atom. The fraction of sp³-hybridized carbons (Fsp3) is 0.471. The molecule has 3 amide bonds. The molecule has 0 bridgehead atoms. The van der Waals surface area contributed by atoms with Crippen LogP contribution in [-0.4, -0.2) is 43.9 Å². The third-order valence-corrected chi connectivity index (χ3v) is 4.63. The predicted octanol–water partition coefficient (Wildman–Crippen LogP) is 2.34. The Balaban J connectivity index is 1.82. The maximum atomic E-state index is 12.1.